The fraction of sp³-hybridized carbons (Fsp3) is 0.421. The van der Waals surface area contributed by atoms with Crippen LogP contribution in [-0.2, 0) is 19.1 Å². The van der Waals surface area contributed by atoms with Gasteiger partial charge in [-0.25, -0.2) is 9.59 Å². The minimum Gasteiger partial charge on any atom is -0.495 e. The number of H-pyrrole nitrogens is 1. The second-order valence-electron chi connectivity index (χ2n) is 5.84. The number of nitrogens with one attached hydrogen (secondary N) is 1. The topological polar surface area (TPSA) is 94.7 Å². The van der Waals surface area contributed by atoms with Crippen molar-refractivity contribution in [3.63, 3.8) is 0 Å². The van der Waals surface area contributed by atoms with Gasteiger partial charge >= 0.3 is 11.9 Å². The van der Waals surface area contributed by atoms with Crippen molar-refractivity contribution in [2.75, 3.05) is 20.3 Å². The van der Waals surface area contributed by atoms with Crippen LogP contribution < -0.4 is 10.3 Å². The number of hydrogen-bond donors (Lipinski definition) is 1. The van der Waals surface area contributed by atoms with Gasteiger partial charge in [0.1, 0.15) is 5.75 Å². The Hall–Kier alpha value is -2.54. The lowest BCUT2D eigenvalue weighted by Gasteiger charge is -2.29. The predicted molar refractivity (Wildman–Crippen MR) is 101 cm³/mol. The number of aromatic amines is 1. The van der Waals surface area contributed by atoms with Gasteiger partial charge in [-0.15, -0.1) is 0 Å². The molecule has 1 heterocycles. The van der Waals surface area contributed by atoms with Crippen molar-refractivity contribution < 1.29 is 23.8 Å². The van der Waals surface area contributed by atoms with Gasteiger partial charge in [0.15, 0.2) is 0 Å². The Morgan fingerprint density at radius 2 is 1.70 bits per heavy atom. The number of pyridine rings is 1. The molecule has 2 rings (SSSR count). The highest BCUT2D eigenvalue weighted by molar-refractivity contribution is 6.45. The molecular weight excluding hydrogens is 374 g/mol. The first-order valence-corrected chi connectivity index (χ1v) is 8.92. The highest BCUT2D eigenvalue weighted by Crippen LogP contribution is 2.40. The number of fused-ring (bicyclic) bond motifs is 1. The van der Waals surface area contributed by atoms with Gasteiger partial charge in [-0.2, -0.15) is 0 Å². The van der Waals surface area contributed by atoms with Gasteiger partial charge in [0.25, 0.3) is 0 Å². The van der Waals surface area contributed by atoms with Crippen LogP contribution in [-0.4, -0.2) is 42.1 Å². The number of ether oxygens (including phenoxy) is 3. The Balaban J connectivity index is 2.68. The fourth-order valence-electron chi connectivity index (χ4n) is 2.92. The molecule has 0 aliphatic rings. The second kappa shape index (κ2) is 8.43. The standard InChI is InChI=1S/C19H22ClNO6/c1-5-26-17(23)19(20,18(24)27-6-2)11(3)12-7-9-14(25-4)16-13(12)8-10-15(22)21-16/h7-11H,5-6H2,1-4H3,(H,21,22). The van der Waals surface area contributed by atoms with Gasteiger partial charge < -0.3 is 19.2 Å². The Kier molecular flexibility index (Phi) is 6.49. The highest BCUT2D eigenvalue weighted by atomic mass is 35.5. The Labute approximate surface area is 161 Å². The largest absolute Gasteiger partial charge is 0.495 e. The first kappa shape index (κ1) is 20.8. The lowest BCUT2D eigenvalue weighted by molar-refractivity contribution is -0.160. The van der Waals surface area contributed by atoms with Crippen molar-refractivity contribution in [2.24, 2.45) is 0 Å². The lowest BCUT2D eigenvalue weighted by atomic mass is 9.84. The quantitative estimate of drug-likeness (QED) is 0.440. The maximum absolute atomic E-state index is 12.6. The first-order chi connectivity index (χ1) is 12.8. The van der Waals surface area contributed by atoms with E-state index in [0.29, 0.717) is 22.2 Å². The molecule has 1 aromatic carbocycles. The maximum atomic E-state index is 12.6. The smallest absolute Gasteiger partial charge is 0.339 e. The van der Waals surface area contributed by atoms with Gasteiger partial charge in [0, 0.05) is 17.4 Å². The molecule has 0 spiro atoms. The molecule has 1 atom stereocenters. The Morgan fingerprint density at radius 3 is 2.22 bits per heavy atom. The van der Waals surface area contributed by atoms with Crippen LogP contribution in [0.3, 0.4) is 0 Å². The van der Waals surface area contributed by atoms with E-state index in [9.17, 15) is 14.4 Å². The second-order valence-corrected chi connectivity index (χ2v) is 6.44. The van der Waals surface area contributed by atoms with Crippen LogP contribution in [0.1, 0.15) is 32.3 Å². The summed E-state index contributed by atoms with van der Waals surface area (Å²) >= 11 is 6.54. The summed E-state index contributed by atoms with van der Waals surface area (Å²) in [6.07, 6.45) is 0. The van der Waals surface area contributed by atoms with Gasteiger partial charge in [0.2, 0.25) is 10.4 Å². The SMILES string of the molecule is CCOC(=O)C(Cl)(C(=O)OCC)C(C)c1ccc(OC)c2[nH]c(=O)ccc12. The number of carbonyl (C=O) groups excluding carboxylic acids is 2. The van der Waals surface area contributed by atoms with Crippen molar-refractivity contribution in [3.8, 4) is 5.75 Å². The summed E-state index contributed by atoms with van der Waals surface area (Å²) in [5, 5.41) is 0.597. The molecule has 27 heavy (non-hydrogen) atoms. The van der Waals surface area contributed by atoms with Crippen molar-refractivity contribution in [2.45, 2.75) is 31.6 Å². The third-order valence-corrected chi connectivity index (χ3v) is 4.95. The van der Waals surface area contributed by atoms with E-state index in [-0.39, 0.29) is 18.8 Å². The van der Waals surface area contributed by atoms with Crippen LogP contribution in [0.2, 0.25) is 0 Å². The monoisotopic (exact) mass is 395 g/mol. The number of benzene rings is 1. The van der Waals surface area contributed by atoms with Crippen LogP contribution in [0.25, 0.3) is 10.9 Å². The Bertz CT molecular complexity index is 889. The molecule has 0 aliphatic carbocycles. The van der Waals surface area contributed by atoms with E-state index >= 15 is 0 Å². The molecule has 1 aromatic heterocycles. The summed E-state index contributed by atoms with van der Waals surface area (Å²) in [6.45, 7) is 5.01. The number of rotatable bonds is 7. The van der Waals surface area contributed by atoms with E-state index in [0.717, 1.165) is 0 Å². The van der Waals surface area contributed by atoms with Crippen LogP contribution in [0.5, 0.6) is 5.75 Å². The lowest BCUT2D eigenvalue weighted by Crippen LogP contribution is -2.48. The number of carbonyl (C=O) groups is 2. The van der Waals surface area contributed by atoms with Crippen LogP contribution >= 0.6 is 11.6 Å². The maximum Gasteiger partial charge on any atom is 0.339 e. The molecule has 0 saturated carbocycles. The highest BCUT2D eigenvalue weighted by Gasteiger charge is 2.53. The molecule has 0 aliphatic heterocycles. The molecule has 0 bridgehead atoms. The molecule has 1 unspecified atom stereocenters. The van der Waals surface area contributed by atoms with Crippen molar-refractivity contribution in [1.82, 2.24) is 4.98 Å². The normalized spacial score (nSPS) is 12.5. The Morgan fingerprint density at radius 1 is 1.11 bits per heavy atom. The molecule has 1 N–H and O–H groups in total. The average molecular weight is 396 g/mol. The van der Waals surface area contributed by atoms with Gasteiger partial charge in [-0.05, 0) is 31.5 Å². The van der Waals surface area contributed by atoms with E-state index < -0.39 is 22.7 Å². The number of aromatic nitrogens is 1. The zero-order valence-electron chi connectivity index (χ0n) is 15.6. The number of methoxy groups -OCH3 is 1. The first-order valence-electron chi connectivity index (χ1n) is 8.54. The molecule has 0 fully saturated rings. The van der Waals surface area contributed by atoms with E-state index in [1.807, 2.05) is 0 Å². The minimum absolute atomic E-state index is 0.0656. The molecule has 7 nitrogen and oxygen atoms in total. The minimum atomic E-state index is -2.07. The van der Waals surface area contributed by atoms with Crippen molar-refractivity contribution >= 4 is 34.4 Å². The molecule has 0 radical (unpaired) electrons. The number of esters is 2. The van der Waals surface area contributed by atoms with E-state index in [1.165, 1.54) is 13.2 Å². The fourth-order valence-corrected chi connectivity index (χ4v) is 3.15. The molecule has 0 amide bonds. The van der Waals surface area contributed by atoms with Gasteiger partial charge in [-0.1, -0.05) is 24.6 Å². The van der Waals surface area contributed by atoms with Crippen LogP contribution in [0.4, 0.5) is 0 Å². The summed E-state index contributed by atoms with van der Waals surface area (Å²) in [5.74, 6) is -2.13. The van der Waals surface area contributed by atoms with Crippen molar-refractivity contribution in [3.05, 3.63) is 40.2 Å². The van der Waals surface area contributed by atoms with E-state index in [4.69, 9.17) is 25.8 Å². The molecular formula is C19H22ClNO6. The zero-order chi connectivity index (χ0) is 20.2. The summed E-state index contributed by atoms with van der Waals surface area (Å²) in [4.78, 5) is 37.5. The van der Waals surface area contributed by atoms with Gasteiger partial charge in [-0.3, -0.25) is 4.79 Å². The summed E-state index contributed by atoms with van der Waals surface area (Å²) in [6, 6.07) is 6.27. The predicted octanol–water partition coefficient (Wildman–Crippen LogP) is 2.74. The van der Waals surface area contributed by atoms with Crippen molar-refractivity contribution in [1.29, 1.82) is 0 Å². The van der Waals surface area contributed by atoms with E-state index in [1.54, 1.807) is 39.0 Å². The molecule has 8 heteroatoms. The zero-order valence-corrected chi connectivity index (χ0v) is 16.4. The van der Waals surface area contributed by atoms with Crippen LogP contribution in [0, 0.1) is 0 Å². The number of hydrogen-bond acceptors (Lipinski definition) is 6. The average Bonchev–Trinajstić information content (AvgIpc) is 2.66. The molecule has 146 valence electrons. The molecule has 0 saturated heterocycles. The van der Waals surface area contributed by atoms with Crippen LogP contribution in [0.15, 0.2) is 29.1 Å². The summed E-state index contributed by atoms with van der Waals surface area (Å²) in [5.41, 5.74) is 0.706. The molecule has 2 aromatic rings. The number of alkyl halides is 1. The van der Waals surface area contributed by atoms with E-state index in [2.05, 4.69) is 4.98 Å². The van der Waals surface area contributed by atoms with Gasteiger partial charge in [0.05, 0.1) is 25.8 Å². The third-order valence-electron chi connectivity index (χ3n) is 4.32. The number of halogens is 1. The summed E-state index contributed by atoms with van der Waals surface area (Å²) < 4.78 is 15.4. The summed E-state index contributed by atoms with van der Waals surface area (Å²) in [7, 11) is 1.48. The third kappa shape index (κ3) is 3.78.